The minimum Gasteiger partial charge on any atom is -0.261 e. The molecular weight excluding hydrogens is 216 g/mol. The summed E-state index contributed by atoms with van der Waals surface area (Å²) in [5, 5.41) is -0.200. The van der Waals surface area contributed by atoms with Crippen LogP contribution in [-0.4, -0.2) is 4.98 Å². The fraction of sp³-hybridized carbons (Fsp3) is 0.545. The first-order valence-electron chi connectivity index (χ1n) is 4.89. The summed E-state index contributed by atoms with van der Waals surface area (Å²) in [6.07, 6.45) is -1.22. The number of hydrogen-bond acceptors (Lipinski definition) is 2. The first-order valence-corrected chi connectivity index (χ1v) is 5.41. The third-order valence-corrected chi connectivity index (χ3v) is 2.54. The topological polar surface area (TPSA) is 12.9 Å². The average Bonchev–Trinajstić information content (AvgIpc) is 2.16. The molecule has 1 aromatic rings. The van der Waals surface area contributed by atoms with Crippen LogP contribution < -0.4 is 0 Å². The van der Waals surface area contributed by atoms with Crippen LogP contribution in [0.4, 0.5) is 8.78 Å². The molecule has 1 nitrogen and oxygen atoms in total. The number of alkyl halides is 2. The SMILES string of the molecule is CC(C)c1cc(C(C)S)c(C(F)F)cn1. The number of halogens is 2. The van der Waals surface area contributed by atoms with Crippen LogP contribution in [0.2, 0.25) is 0 Å². The van der Waals surface area contributed by atoms with E-state index in [0.29, 0.717) is 5.56 Å². The van der Waals surface area contributed by atoms with E-state index in [-0.39, 0.29) is 16.7 Å². The molecule has 0 saturated carbocycles. The maximum Gasteiger partial charge on any atom is 0.265 e. The van der Waals surface area contributed by atoms with Gasteiger partial charge < -0.3 is 0 Å². The molecule has 1 atom stereocenters. The van der Waals surface area contributed by atoms with E-state index >= 15 is 0 Å². The van der Waals surface area contributed by atoms with Crippen molar-refractivity contribution in [2.45, 2.75) is 38.4 Å². The van der Waals surface area contributed by atoms with Crippen molar-refractivity contribution in [1.82, 2.24) is 4.98 Å². The maximum atomic E-state index is 12.6. The Morgan fingerprint density at radius 3 is 2.20 bits per heavy atom. The largest absolute Gasteiger partial charge is 0.265 e. The van der Waals surface area contributed by atoms with Gasteiger partial charge in [0.05, 0.1) is 0 Å². The lowest BCUT2D eigenvalue weighted by atomic mass is 10.0. The molecule has 0 aliphatic rings. The molecule has 0 fully saturated rings. The van der Waals surface area contributed by atoms with E-state index in [0.717, 1.165) is 5.69 Å². The van der Waals surface area contributed by atoms with E-state index in [1.54, 1.807) is 13.0 Å². The Morgan fingerprint density at radius 2 is 1.80 bits per heavy atom. The summed E-state index contributed by atoms with van der Waals surface area (Å²) in [4.78, 5) is 4.03. The molecule has 0 amide bonds. The van der Waals surface area contributed by atoms with Crippen LogP contribution in [0.15, 0.2) is 12.3 Å². The predicted octanol–water partition coefficient (Wildman–Crippen LogP) is 4.13. The molecule has 84 valence electrons. The smallest absolute Gasteiger partial charge is 0.261 e. The molecule has 0 saturated heterocycles. The minimum atomic E-state index is -2.48. The highest BCUT2D eigenvalue weighted by molar-refractivity contribution is 7.80. The molecule has 1 heterocycles. The number of rotatable bonds is 3. The van der Waals surface area contributed by atoms with Crippen molar-refractivity contribution in [1.29, 1.82) is 0 Å². The van der Waals surface area contributed by atoms with Crippen molar-refractivity contribution in [3.63, 3.8) is 0 Å². The molecule has 0 aromatic carbocycles. The van der Waals surface area contributed by atoms with Gasteiger partial charge in [0.15, 0.2) is 0 Å². The van der Waals surface area contributed by atoms with E-state index in [1.165, 1.54) is 6.20 Å². The second-order valence-corrected chi connectivity index (χ2v) is 4.64. The van der Waals surface area contributed by atoms with E-state index in [2.05, 4.69) is 17.6 Å². The summed E-state index contributed by atoms with van der Waals surface area (Å²) in [7, 11) is 0. The lowest BCUT2D eigenvalue weighted by Gasteiger charge is -2.14. The van der Waals surface area contributed by atoms with Crippen molar-refractivity contribution >= 4 is 12.6 Å². The van der Waals surface area contributed by atoms with Crippen LogP contribution in [0.25, 0.3) is 0 Å². The van der Waals surface area contributed by atoms with Gasteiger partial charge in [-0.3, -0.25) is 4.98 Å². The average molecular weight is 231 g/mol. The number of pyridine rings is 1. The number of hydrogen-bond donors (Lipinski definition) is 1. The summed E-state index contributed by atoms with van der Waals surface area (Å²) in [6, 6.07) is 1.73. The molecule has 15 heavy (non-hydrogen) atoms. The number of nitrogens with zero attached hydrogens (tertiary/aromatic N) is 1. The van der Waals surface area contributed by atoms with Crippen LogP contribution in [0.5, 0.6) is 0 Å². The summed E-state index contributed by atoms with van der Waals surface area (Å²) < 4.78 is 25.3. The fourth-order valence-electron chi connectivity index (χ4n) is 1.36. The molecule has 4 heteroatoms. The highest BCUT2D eigenvalue weighted by atomic mass is 32.1. The van der Waals surface area contributed by atoms with Gasteiger partial charge in [-0.05, 0) is 24.5 Å². The Kier molecular flexibility index (Phi) is 4.08. The van der Waals surface area contributed by atoms with Crippen LogP contribution in [0, 0.1) is 0 Å². The van der Waals surface area contributed by atoms with Crippen molar-refractivity contribution in [3.8, 4) is 0 Å². The predicted molar refractivity (Wildman–Crippen MR) is 60.7 cm³/mol. The Bertz CT molecular complexity index is 337. The monoisotopic (exact) mass is 231 g/mol. The van der Waals surface area contributed by atoms with Crippen LogP contribution >= 0.6 is 12.6 Å². The zero-order chi connectivity index (χ0) is 11.6. The molecule has 0 spiro atoms. The van der Waals surface area contributed by atoms with E-state index in [1.807, 2.05) is 13.8 Å². The fourth-order valence-corrected chi connectivity index (χ4v) is 1.58. The van der Waals surface area contributed by atoms with Crippen molar-refractivity contribution < 1.29 is 8.78 Å². The second-order valence-electron chi connectivity index (χ2n) is 3.87. The van der Waals surface area contributed by atoms with E-state index < -0.39 is 6.43 Å². The highest BCUT2D eigenvalue weighted by Crippen LogP contribution is 2.31. The zero-order valence-electron chi connectivity index (χ0n) is 9.04. The van der Waals surface area contributed by atoms with E-state index in [9.17, 15) is 8.78 Å². The van der Waals surface area contributed by atoms with Gasteiger partial charge in [0.1, 0.15) is 0 Å². The van der Waals surface area contributed by atoms with Crippen LogP contribution in [-0.2, 0) is 0 Å². The van der Waals surface area contributed by atoms with E-state index in [4.69, 9.17) is 0 Å². The van der Waals surface area contributed by atoms with Gasteiger partial charge in [-0.15, -0.1) is 0 Å². The Morgan fingerprint density at radius 1 is 1.20 bits per heavy atom. The highest BCUT2D eigenvalue weighted by Gasteiger charge is 2.17. The van der Waals surface area contributed by atoms with Crippen molar-refractivity contribution in [2.24, 2.45) is 0 Å². The van der Waals surface area contributed by atoms with Gasteiger partial charge in [0, 0.05) is 22.7 Å². The molecular formula is C11H15F2NS. The summed E-state index contributed by atoms with van der Waals surface area (Å²) in [6.45, 7) is 5.75. The molecule has 0 radical (unpaired) electrons. The standard InChI is InChI=1S/C11H15F2NS/c1-6(2)10-4-8(7(3)15)9(5-14-10)11(12)13/h4-7,11,15H,1-3H3. The molecule has 0 aliphatic carbocycles. The minimum absolute atomic E-state index is 0.0121. The van der Waals surface area contributed by atoms with Gasteiger partial charge in [0.2, 0.25) is 0 Å². The summed E-state index contributed by atoms with van der Waals surface area (Å²) in [5.74, 6) is 0.238. The molecule has 0 bridgehead atoms. The Hall–Kier alpha value is -0.640. The van der Waals surface area contributed by atoms with Gasteiger partial charge in [-0.25, -0.2) is 8.78 Å². The lowest BCUT2D eigenvalue weighted by Crippen LogP contribution is -2.01. The third-order valence-electron chi connectivity index (χ3n) is 2.27. The Balaban J connectivity index is 3.21. The Labute approximate surface area is 94.3 Å². The van der Waals surface area contributed by atoms with Crippen molar-refractivity contribution in [2.75, 3.05) is 0 Å². The first-order chi connectivity index (χ1) is 6.93. The van der Waals surface area contributed by atoms with Gasteiger partial charge in [0.25, 0.3) is 6.43 Å². The second kappa shape index (κ2) is 4.92. The van der Waals surface area contributed by atoms with Gasteiger partial charge in [-0.2, -0.15) is 12.6 Å². The molecule has 1 rings (SSSR count). The number of thiol groups is 1. The maximum absolute atomic E-state index is 12.6. The quantitative estimate of drug-likeness (QED) is 0.772. The first kappa shape index (κ1) is 12.4. The van der Waals surface area contributed by atoms with Crippen LogP contribution in [0.1, 0.15) is 55.2 Å². The summed E-state index contributed by atoms with van der Waals surface area (Å²) >= 11 is 4.21. The third kappa shape index (κ3) is 2.91. The number of aromatic nitrogens is 1. The summed E-state index contributed by atoms with van der Waals surface area (Å²) in [5.41, 5.74) is 1.39. The molecule has 1 aromatic heterocycles. The molecule has 1 unspecified atom stereocenters. The van der Waals surface area contributed by atoms with Crippen LogP contribution in [0.3, 0.4) is 0 Å². The lowest BCUT2D eigenvalue weighted by molar-refractivity contribution is 0.149. The zero-order valence-corrected chi connectivity index (χ0v) is 9.93. The molecule has 0 N–H and O–H groups in total. The van der Waals surface area contributed by atoms with Crippen molar-refractivity contribution in [3.05, 3.63) is 29.1 Å². The van der Waals surface area contributed by atoms with Gasteiger partial charge >= 0.3 is 0 Å². The normalized spacial score (nSPS) is 13.6. The van der Waals surface area contributed by atoms with Gasteiger partial charge in [-0.1, -0.05) is 13.8 Å². The molecule has 0 aliphatic heterocycles.